The van der Waals surface area contributed by atoms with Crippen LogP contribution in [0.4, 0.5) is 0 Å². The number of carboxylic acid groups (broad SMARTS) is 1. The fourth-order valence-electron chi connectivity index (χ4n) is 1.71. The lowest BCUT2D eigenvalue weighted by atomic mass is 10.3. The number of rotatable bonds is 5. The Bertz CT molecular complexity index is 595. The van der Waals surface area contributed by atoms with Crippen molar-refractivity contribution < 1.29 is 14.7 Å². The molecule has 1 aliphatic heterocycles. The van der Waals surface area contributed by atoms with E-state index in [9.17, 15) is 9.59 Å². The normalized spacial score (nSPS) is 17.2. The highest BCUT2D eigenvalue weighted by Gasteiger charge is 2.31. The van der Waals surface area contributed by atoms with Gasteiger partial charge in [0.15, 0.2) is 0 Å². The van der Waals surface area contributed by atoms with Gasteiger partial charge in [-0.05, 0) is 6.42 Å². The largest absolute Gasteiger partial charge is 0.481 e. The smallest absolute Gasteiger partial charge is 0.303 e. The number of carboxylic acids is 1. The van der Waals surface area contributed by atoms with Crippen LogP contribution in [0.15, 0.2) is 17.3 Å². The molecule has 0 atom stereocenters. The van der Waals surface area contributed by atoms with E-state index >= 15 is 0 Å². The van der Waals surface area contributed by atoms with Gasteiger partial charge in [-0.3, -0.25) is 14.5 Å². The van der Waals surface area contributed by atoms with Gasteiger partial charge in [-0.1, -0.05) is 24.0 Å². The number of thiocarbonyl (C=S) groups is 1. The molecule has 20 heavy (non-hydrogen) atoms. The van der Waals surface area contributed by atoms with Gasteiger partial charge in [-0.15, -0.1) is 0 Å². The van der Waals surface area contributed by atoms with E-state index in [2.05, 4.69) is 4.98 Å². The first-order chi connectivity index (χ1) is 9.49. The predicted molar refractivity (Wildman–Crippen MR) is 80.0 cm³/mol. The zero-order valence-corrected chi connectivity index (χ0v) is 12.4. The van der Waals surface area contributed by atoms with E-state index in [0.29, 0.717) is 28.0 Å². The monoisotopic (exact) mass is 311 g/mol. The van der Waals surface area contributed by atoms with Gasteiger partial charge >= 0.3 is 5.97 Å². The number of carbonyl (C=O) groups is 2. The van der Waals surface area contributed by atoms with Crippen LogP contribution in [0.3, 0.4) is 0 Å². The molecule has 1 aromatic heterocycles. The van der Waals surface area contributed by atoms with Crippen molar-refractivity contribution in [1.29, 1.82) is 0 Å². The van der Waals surface area contributed by atoms with E-state index in [1.807, 2.05) is 7.05 Å². The number of hydrogen-bond donors (Lipinski definition) is 1. The second-order valence-electron chi connectivity index (χ2n) is 4.23. The van der Waals surface area contributed by atoms with Crippen LogP contribution in [0, 0.1) is 0 Å². The molecule has 1 saturated heterocycles. The Hall–Kier alpha value is -1.67. The van der Waals surface area contributed by atoms with Crippen molar-refractivity contribution in [2.24, 2.45) is 7.05 Å². The molecule has 0 radical (unpaired) electrons. The van der Waals surface area contributed by atoms with Gasteiger partial charge in [0.05, 0.1) is 4.91 Å². The second-order valence-corrected chi connectivity index (χ2v) is 5.90. The molecule has 2 rings (SSSR count). The van der Waals surface area contributed by atoms with Gasteiger partial charge in [0, 0.05) is 38.5 Å². The van der Waals surface area contributed by atoms with Crippen LogP contribution in [0.2, 0.25) is 0 Å². The standard InChI is InChI=1S/C12H13N3O3S2/c1-14-6-4-13-9(14)7-8-11(18)15(12(19)20-8)5-2-3-10(16)17/h4,6-7H,2-3,5H2,1H3,(H,16,17)/b8-7-. The van der Waals surface area contributed by atoms with Crippen LogP contribution < -0.4 is 0 Å². The molecule has 0 aliphatic carbocycles. The number of carbonyl (C=O) groups excluding carboxylic acids is 1. The minimum Gasteiger partial charge on any atom is -0.481 e. The lowest BCUT2D eigenvalue weighted by Crippen LogP contribution is -2.29. The van der Waals surface area contributed by atoms with E-state index in [1.54, 1.807) is 23.0 Å². The molecule has 106 valence electrons. The number of thioether (sulfide) groups is 1. The third-order valence-corrected chi connectivity index (χ3v) is 4.14. The zero-order chi connectivity index (χ0) is 14.7. The van der Waals surface area contributed by atoms with Gasteiger partial charge in [0.1, 0.15) is 10.1 Å². The molecule has 8 heteroatoms. The van der Waals surface area contributed by atoms with E-state index in [0.717, 1.165) is 0 Å². The summed E-state index contributed by atoms with van der Waals surface area (Å²) in [7, 11) is 1.84. The molecule has 0 aromatic carbocycles. The number of aryl methyl sites for hydroxylation is 1. The van der Waals surface area contributed by atoms with Crippen molar-refractivity contribution in [2.75, 3.05) is 6.54 Å². The fourth-order valence-corrected chi connectivity index (χ4v) is 2.99. The summed E-state index contributed by atoms with van der Waals surface area (Å²) in [6.45, 7) is 0.328. The molecular formula is C12H13N3O3S2. The number of aromatic nitrogens is 2. The van der Waals surface area contributed by atoms with Crippen LogP contribution in [0.5, 0.6) is 0 Å². The molecule has 0 bridgehead atoms. The van der Waals surface area contributed by atoms with Crippen LogP contribution in [-0.4, -0.2) is 42.3 Å². The molecule has 6 nitrogen and oxygen atoms in total. The molecule has 0 spiro atoms. The number of amides is 1. The summed E-state index contributed by atoms with van der Waals surface area (Å²) in [4.78, 5) is 28.8. The van der Waals surface area contributed by atoms with Crippen molar-refractivity contribution in [2.45, 2.75) is 12.8 Å². The van der Waals surface area contributed by atoms with Crippen molar-refractivity contribution in [3.05, 3.63) is 23.1 Å². The maximum atomic E-state index is 12.2. The first kappa shape index (κ1) is 14.7. The highest BCUT2D eigenvalue weighted by molar-refractivity contribution is 8.26. The number of hydrogen-bond acceptors (Lipinski definition) is 5. The summed E-state index contributed by atoms with van der Waals surface area (Å²) in [5.74, 6) is -0.386. The van der Waals surface area contributed by atoms with Crippen molar-refractivity contribution in [1.82, 2.24) is 14.5 Å². The van der Waals surface area contributed by atoms with Gasteiger partial charge in [0.25, 0.3) is 5.91 Å². The van der Waals surface area contributed by atoms with Crippen molar-refractivity contribution >= 4 is 46.3 Å². The number of nitrogens with zero attached hydrogens (tertiary/aromatic N) is 3. The lowest BCUT2D eigenvalue weighted by molar-refractivity contribution is -0.137. The summed E-state index contributed by atoms with van der Waals surface area (Å²) < 4.78 is 2.26. The SMILES string of the molecule is Cn1ccnc1/C=C1\SC(=S)N(CCCC(=O)O)C1=O. The summed E-state index contributed by atoms with van der Waals surface area (Å²) in [5.41, 5.74) is 0. The molecular weight excluding hydrogens is 298 g/mol. The lowest BCUT2D eigenvalue weighted by Gasteiger charge is -2.13. The average Bonchev–Trinajstić information content (AvgIpc) is 2.88. The first-order valence-corrected chi connectivity index (χ1v) is 7.16. The number of imidazole rings is 1. The molecule has 0 unspecified atom stereocenters. The molecule has 2 heterocycles. The Morgan fingerprint density at radius 3 is 2.95 bits per heavy atom. The molecule has 1 aliphatic rings. The maximum Gasteiger partial charge on any atom is 0.303 e. The molecule has 1 N–H and O–H groups in total. The predicted octanol–water partition coefficient (Wildman–Crippen LogP) is 1.49. The van der Waals surface area contributed by atoms with E-state index in [4.69, 9.17) is 17.3 Å². The Balaban J connectivity index is 2.07. The average molecular weight is 311 g/mol. The number of aliphatic carboxylic acids is 1. The molecule has 1 aromatic rings. The maximum absolute atomic E-state index is 12.2. The molecule has 1 amide bonds. The molecule has 1 fully saturated rings. The summed E-state index contributed by atoms with van der Waals surface area (Å²) in [5, 5.41) is 8.61. The second kappa shape index (κ2) is 6.19. The quantitative estimate of drug-likeness (QED) is 0.656. The Kier molecular flexibility index (Phi) is 4.56. The summed E-state index contributed by atoms with van der Waals surface area (Å²) >= 11 is 6.37. The van der Waals surface area contributed by atoms with Crippen LogP contribution in [0.25, 0.3) is 6.08 Å². The zero-order valence-electron chi connectivity index (χ0n) is 10.8. The first-order valence-electron chi connectivity index (χ1n) is 5.93. The Labute approximate surface area is 125 Å². The van der Waals surface area contributed by atoms with Gasteiger partial charge < -0.3 is 9.67 Å². The van der Waals surface area contributed by atoms with Gasteiger partial charge in [-0.2, -0.15) is 0 Å². The third-order valence-electron chi connectivity index (χ3n) is 2.76. The highest BCUT2D eigenvalue weighted by Crippen LogP contribution is 2.32. The van der Waals surface area contributed by atoms with E-state index < -0.39 is 5.97 Å². The van der Waals surface area contributed by atoms with Crippen molar-refractivity contribution in [3.8, 4) is 0 Å². The van der Waals surface area contributed by atoms with Gasteiger partial charge in [-0.25, -0.2) is 4.98 Å². The topological polar surface area (TPSA) is 75.4 Å². The van der Waals surface area contributed by atoms with E-state index in [1.165, 1.54) is 16.7 Å². The van der Waals surface area contributed by atoms with Crippen LogP contribution in [-0.2, 0) is 16.6 Å². The highest BCUT2D eigenvalue weighted by atomic mass is 32.2. The summed E-state index contributed by atoms with van der Waals surface area (Å²) in [6.07, 6.45) is 5.54. The minimum atomic E-state index is -0.876. The van der Waals surface area contributed by atoms with Gasteiger partial charge in [0.2, 0.25) is 0 Å². The van der Waals surface area contributed by atoms with Crippen LogP contribution >= 0.6 is 24.0 Å². The summed E-state index contributed by atoms with van der Waals surface area (Å²) in [6, 6.07) is 0. The Morgan fingerprint density at radius 2 is 2.35 bits per heavy atom. The fraction of sp³-hybridized carbons (Fsp3) is 0.333. The van der Waals surface area contributed by atoms with Crippen molar-refractivity contribution in [3.63, 3.8) is 0 Å². The Morgan fingerprint density at radius 1 is 1.60 bits per heavy atom. The van der Waals surface area contributed by atoms with Crippen LogP contribution in [0.1, 0.15) is 18.7 Å². The third kappa shape index (κ3) is 3.26. The minimum absolute atomic E-state index is 0.0233. The molecule has 0 saturated carbocycles. The van der Waals surface area contributed by atoms with E-state index in [-0.39, 0.29) is 12.3 Å².